The van der Waals surface area contributed by atoms with Gasteiger partial charge in [0.25, 0.3) is 0 Å². The zero-order valence-electron chi connectivity index (χ0n) is 22.9. The van der Waals surface area contributed by atoms with Crippen LogP contribution in [0.15, 0.2) is 23.8 Å². The summed E-state index contributed by atoms with van der Waals surface area (Å²) < 4.78 is 79.6. The van der Waals surface area contributed by atoms with Gasteiger partial charge < -0.3 is 20.3 Å². The van der Waals surface area contributed by atoms with Crippen LogP contribution in [-0.2, 0) is 17.1 Å². The normalized spacial score (nSPS) is 24.0. The quantitative estimate of drug-likeness (QED) is 0.264. The minimum absolute atomic E-state index is 0.0572. The van der Waals surface area contributed by atoms with Gasteiger partial charge in [-0.15, -0.1) is 0 Å². The van der Waals surface area contributed by atoms with Gasteiger partial charge in [-0.1, -0.05) is 6.92 Å². The van der Waals surface area contributed by atoms with Crippen LogP contribution >= 0.6 is 0 Å². The molecule has 4 rings (SSSR count). The monoisotopic (exact) mass is 561 g/mol. The number of nitrogens with one attached hydrogen (secondary N) is 2. The first-order valence-corrected chi connectivity index (χ1v) is 14.0. The molecule has 1 aromatic rings. The molecule has 2 N–H and O–H groups in total. The van der Waals surface area contributed by atoms with Crippen LogP contribution in [0.4, 0.5) is 26.3 Å². The Kier molecular flexibility index (Phi) is 11.3. The van der Waals surface area contributed by atoms with Crippen molar-refractivity contribution < 1.29 is 31.1 Å². The fourth-order valence-corrected chi connectivity index (χ4v) is 5.66. The molecule has 2 saturated carbocycles. The van der Waals surface area contributed by atoms with E-state index in [0.717, 1.165) is 62.1 Å². The van der Waals surface area contributed by atoms with E-state index in [4.69, 9.17) is 0 Å². The van der Waals surface area contributed by atoms with Gasteiger partial charge in [-0.3, -0.25) is 0 Å². The molecule has 0 spiro atoms. The van der Waals surface area contributed by atoms with Crippen molar-refractivity contribution in [3.8, 4) is 0 Å². The van der Waals surface area contributed by atoms with Gasteiger partial charge in [0.1, 0.15) is 6.29 Å². The van der Waals surface area contributed by atoms with Crippen molar-refractivity contribution in [3.63, 3.8) is 0 Å². The maximum Gasteiger partial charge on any atom is 0.416 e. The van der Waals surface area contributed by atoms with E-state index in [1.165, 1.54) is 25.8 Å². The van der Waals surface area contributed by atoms with Gasteiger partial charge in [0, 0.05) is 24.3 Å². The molecular formula is C29H41F6N3O. The highest BCUT2D eigenvalue weighted by Crippen LogP contribution is 2.40. The van der Waals surface area contributed by atoms with E-state index < -0.39 is 23.5 Å². The second kappa shape index (κ2) is 14.0. The van der Waals surface area contributed by atoms with Crippen LogP contribution in [0.3, 0.4) is 0 Å². The minimum atomic E-state index is -4.86. The van der Waals surface area contributed by atoms with Crippen molar-refractivity contribution in [3.05, 3.63) is 40.5 Å². The summed E-state index contributed by atoms with van der Waals surface area (Å²) in [6.07, 6.45) is 0.987. The molecule has 220 valence electrons. The number of rotatable bonds is 8. The molecule has 39 heavy (non-hydrogen) atoms. The second-order valence-electron chi connectivity index (χ2n) is 11.0. The Bertz CT molecular complexity index is 929. The fraction of sp³-hybridized carbons (Fsp3) is 0.690. The van der Waals surface area contributed by atoms with E-state index in [9.17, 15) is 31.1 Å². The zero-order chi connectivity index (χ0) is 28.6. The van der Waals surface area contributed by atoms with Gasteiger partial charge in [0.15, 0.2) is 0 Å². The number of likely N-dealkylation sites (tertiary alicyclic amines) is 1. The molecule has 1 unspecified atom stereocenters. The lowest BCUT2D eigenvalue weighted by molar-refractivity contribution is -0.143. The van der Waals surface area contributed by atoms with Crippen molar-refractivity contribution in [2.75, 3.05) is 26.7 Å². The van der Waals surface area contributed by atoms with Crippen molar-refractivity contribution >= 4 is 12.0 Å². The average molecular weight is 562 g/mol. The van der Waals surface area contributed by atoms with Crippen molar-refractivity contribution in [1.82, 2.24) is 15.5 Å². The third kappa shape index (κ3) is 9.23. The minimum Gasteiger partial charge on any atom is -0.384 e. The molecule has 3 aliphatic rings. The third-order valence-electron chi connectivity index (χ3n) is 8.23. The number of benzene rings is 1. The summed E-state index contributed by atoms with van der Waals surface area (Å²) in [7, 11) is 2.22. The number of alkyl halides is 6. The number of nitrogens with zero attached hydrogens (tertiary/aromatic N) is 1. The van der Waals surface area contributed by atoms with E-state index in [-0.39, 0.29) is 23.6 Å². The molecule has 1 aromatic carbocycles. The number of halogens is 6. The van der Waals surface area contributed by atoms with Gasteiger partial charge in [0.05, 0.1) is 17.7 Å². The Morgan fingerprint density at radius 1 is 0.949 bits per heavy atom. The zero-order valence-corrected chi connectivity index (χ0v) is 22.9. The van der Waals surface area contributed by atoms with Crippen molar-refractivity contribution in [2.45, 2.75) is 95.6 Å². The predicted octanol–water partition coefficient (Wildman–Crippen LogP) is 7.05. The molecule has 1 saturated heterocycles. The number of hydrogen-bond donors (Lipinski definition) is 2. The van der Waals surface area contributed by atoms with Gasteiger partial charge >= 0.3 is 12.4 Å². The summed E-state index contributed by atoms with van der Waals surface area (Å²) in [6, 6.07) is 2.95. The smallest absolute Gasteiger partial charge is 0.384 e. The molecule has 1 heterocycles. The van der Waals surface area contributed by atoms with Gasteiger partial charge in [-0.25, -0.2) is 0 Å². The number of carbonyl (C=O) groups is 1. The highest BCUT2D eigenvalue weighted by Gasteiger charge is 2.37. The molecule has 0 bridgehead atoms. The average Bonchev–Trinajstić information content (AvgIpc) is 3.28. The highest BCUT2D eigenvalue weighted by molar-refractivity contribution is 5.69. The summed E-state index contributed by atoms with van der Waals surface area (Å²) in [6.45, 7) is 4.39. The molecule has 0 amide bonds. The standard InChI is InChI=1S/C22H26F6N2O.C7H15N/c23-21(24,25)17-10-16(11-18(12-17)22(26,27)28)20(15-2-1-3-15)30-13-14-4-6-19(7-5-14)29-8-9-31;1-3-7-5-4-6-8(7)2/h9-12,14,19,29-30H,1-8,13H2;7H,3-6H2,1-2H3. The topological polar surface area (TPSA) is 44.4 Å². The first kappa shape index (κ1) is 31.5. The van der Waals surface area contributed by atoms with Crippen LogP contribution in [-0.4, -0.2) is 50.0 Å². The van der Waals surface area contributed by atoms with Gasteiger partial charge in [0.2, 0.25) is 0 Å². The number of aldehydes is 1. The lowest BCUT2D eigenvalue weighted by Gasteiger charge is -2.31. The van der Waals surface area contributed by atoms with Crippen LogP contribution in [0.2, 0.25) is 0 Å². The fourth-order valence-electron chi connectivity index (χ4n) is 5.66. The summed E-state index contributed by atoms with van der Waals surface area (Å²) in [5.41, 5.74) is -1.37. The Labute approximate surface area is 227 Å². The number of allylic oxidation sites excluding steroid dienone is 1. The maximum absolute atomic E-state index is 13.3. The van der Waals surface area contributed by atoms with E-state index in [1.54, 1.807) is 0 Å². The molecule has 0 radical (unpaired) electrons. The summed E-state index contributed by atoms with van der Waals surface area (Å²) >= 11 is 0. The summed E-state index contributed by atoms with van der Waals surface area (Å²) in [4.78, 5) is 12.9. The molecule has 2 aliphatic carbocycles. The van der Waals surface area contributed by atoms with Crippen LogP contribution < -0.4 is 10.6 Å². The van der Waals surface area contributed by atoms with E-state index >= 15 is 0 Å². The van der Waals surface area contributed by atoms with E-state index in [0.29, 0.717) is 31.6 Å². The Hall–Kier alpha value is -2.07. The lowest BCUT2D eigenvalue weighted by atomic mass is 9.84. The number of carbonyl (C=O) groups excluding carboxylic acids is 1. The maximum atomic E-state index is 13.3. The van der Waals surface area contributed by atoms with E-state index in [1.807, 2.05) is 0 Å². The molecular weight excluding hydrogens is 520 g/mol. The number of hydrogen-bond acceptors (Lipinski definition) is 4. The van der Waals surface area contributed by atoms with Crippen molar-refractivity contribution in [1.29, 1.82) is 0 Å². The summed E-state index contributed by atoms with van der Waals surface area (Å²) in [5, 5.41) is 6.34. The Morgan fingerprint density at radius 3 is 1.97 bits per heavy atom. The van der Waals surface area contributed by atoms with Crippen LogP contribution in [0, 0.1) is 5.92 Å². The highest BCUT2D eigenvalue weighted by atomic mass is 19.4. The second-order valence-corrected chi connectivity index (χ2v) is 11.0. The lowest BCUT2D eigenvalue weighted by Crippen LogP contribution is -2.36. The van der Waals surface area contributed by atoms with Crippen molar-refractivity contribution in [2.24, 2.45) is 5.92 Å². The molecule has 1 aliphatic heterocycles. The molecule has 1 atom stereocenters. The Morgan fingerprint density at radius 2 is 1.56 bits per heavy atom. The van der Waals surface area contributed by atoms with Crippen LogP contribution in [0.5, 0.6) is 0 Å². The van der Waals surface area contributed by atoms with E-state index in [2.05, 4.69) is 29.5 Å². The van der Waals surface area contributed by atoms with Crippen LogP contribution in [0.1, 0.15) is 87.8 Å². The third-order valence-corrected chi connectivity index (χ3v) is 8.23. The first-order valence-electron chi connectivity index (χ1n) is 14.0. The molecule has 10 heteroatoms. The Balaban J connectivity index is 0.000000449. The summed E-state index contributed by atoms with van der Waals surface area (Å²) in [5.74, 6) is 0.276. The largest absolute Gasteiger partial charge is 0.416 e. The SMILES string of the molecule is CCC1CCCN1C.O=CCNC1CCC(CNC(=C2CCC2)c2cc(C(F)(F)F)cc(C(F)(F)F)c2)CC1. The molecule has 3 fully saturated rings. The van der Waals surface area contributed by atoms with Crippen LogP contribution in [0.25, 0.3) is 5.70 Å². The molecule has 0 aromatic heterocycles. The first-order chi connectivity index (χ1) is 18.4. The van der Waals surface area contributed by atoms with Gasteiger partial charge in [-0.05, 0) is 113 Å². The molecule has 4 nitrogen and oxygen atoms in total. The van der Waals surface area contributed by atoms with Gasteiger partial charge in [-0.2, -0.15) is 26.3 Å². The predicted molar refractivity (Wildman–Crippen MR) is 141 cm³/mol.